The second-order valence-electron chi connectivity index (χ2n) is 4.25. The molecule has 6 heteroatoms. The van der Waals surface area contributed by atoms with Gasteiger partial charge in [0, 0.05) is 16.2 Å². The fourth-order valence-corrected chi connectivity index (χ4v) is 2.75. The van der Waals surface area contributed by atoms with Gasteiger partial charge in [-0.1, -0.05) is 44.0 Å². The minimum atomic E-state index is 0.475. The van der Waals surface area contributed by atoms with E-state index < -0.39 is 0 Å². The third kappa shape index (κ3) is 3.88. The molecular weight excluding hydrogens is 360 g/mol. The summed E-state index contributed by atoms with van der Waals surface area (Å²) in [5.41, 5.74) is 1.32. The van der Waals surface area contributed by atoms with Gasteiger partial charge in [0.2, 0.25) is 0 Å². The highest BCUT2D eigenvalue weighted by Crippen LogP contribution is 2.18. The Balaban J connectivity index is 2.01. The molecule has 0 aliphatic heterocycles. The van der Waals surface area contributed by atoms with Crippen LogP contribution >= 0.6 is 31.9 Å². The second kappa shape index (κ2) is 6.43. The first-order valence-electron chi connectivity index (χ1n) is 5.70. The number of aromatic nitrogens is 4. The molecule has 0 fully saturated rings. The van der Waals surface area contributed by atoms with Gasteiger partial charge in [0.25, 0.3) is 0 Å². The Hall–Kier alpha value is -0.750. The van der Waals surface area contributed by atoms with Crippen LogP contribution in [0, 0.1) is 5.92 Å². The van der Waals surface area contributed by atoms with E-state index >= 15 is 0 Å². The molecule has 0 amide bonds. The highest BCUT2D eigenvalue weighted by Gasteiger charge is 2.13. The van der Waals surface area contributed by atoms with E-state index in [4.69, 9.17) is 0 Å². The highest BCUT2D eigenvalue weighted by atomic mass is 79.9. The summed E-state index contributed by atoms with van der Waals surface area (Å²) < 4.78 is 1.12. The Morgan fingerprint density at radius 2 is 2.17 bits per heavy atom. The van der Waals surface area contributed by atoms with Crippen LogP contribution in [0.2, 0.25) is 0 Å². The molecule has 0 bridgehead atoms. The third-order valence-electron chi connectivity index (χ3n) is 2.65. The number of halogens is 2. The number of hydrogen-bond donors (Lipinski definition) is 0. The van der Waals surface area contributed by atoms with E-state index in [0.717, 1.165) is 28.5 Å². The molecule has 1 atom stereocenters. The van der Waals surface area contributed by atoms with Crippen LogP contribution in [-0.4, -0.2) is 25.5 Å². The van der Waals surface area contributed by atoms with Crippen LogP contribution in [0.5, 0.6) is 0 Å². The lowest BCUT2D eigenvalue weighted by molar-refractivity contribution is 0.566. The Kier molecular flexibility index (Phi) is 4.88. The highest BCUT2D eigenvalue weighted by molar-refractivity contribution is 9.10. The Morgan fingerprint density at radius 3 is 2.78 bits per heavy atom. The molecule has 1 unspecified atom stereocenters. The van der Waals surface area contributed by atoms with E-state index in [1.807, 2.05) is 6.07 Å². The van der Waals surface area contributed by atoms with Crippen LogP contribution in [-0.2, 0) is 19.9 Å². The van der Waals surface area contributed by atoms with E-state index in [9.17, 15) is 0 Å². The van der Waals surface area contributed by atoms with Gasteiger partial charge in [-0.15, -0.1) is 10.2 Å². The van der Waals surface area contributed by atoms with Crippen LogP contribution in [0.15, 0.2) is 28.7 Å². The SMILES string of the molecule is Cn1nnc(CC(CBr)Cc2cccc(Br)c2)n1. The number of alkyl halides is 1. The molecule has 0 aliphatic rings. The fourth-order valence-electron chi connectivity index (χ4n) is 1.84. The summed E-state index contributed by atoms with van der Waals surface area (Å²) in [7, 11) is 1.79. The summed E-state index contributed by atoms with van der Waals surface area (Å²) in [5.74, 6) is 1.28. The first-order chi connectivity index (χ1) is 8.67. The first kappa shape index (κ1) is 13.7. The summed E-state index contributed by atoms with van der Waals surface area (Å²) >= 11 is 7.06. The molecule has 96 valence electrons. The van der Waals surface area contributed by atoms with Gasteiger partial charge < -0.3 is 0 Å². The van der Waals surface area contributed by atoms with Crippen molar-refractivity contribution in [2.24, 2.45) is 13.0 Å². The number of nitrogens with zero attached hydrogens (tertiary/aromatic N) is 4. The zero-order chi connectivity index (χ0) is 13.0. The molecule has 0 saturated heterocycles. The minimum Gasteiger partial charge on any atom is -0.167 e. The molecule has 4 nitrogen and oxygen atoms in total. The molecule has 0 radical (unpaired) electrons. The van der Waals surface area contributed by atoms with Crippen molar-refractivity contribution in [3.8, 4) is 0 Å². The monoisotopic (exact) mass is 372 g/mol. The molecule has 18 heavy (non-hydrogen) atoms. The molecule has 0 spiro atoms. The molecule has 0 aliphatic carbocycles. The lowest BCUT2D eigenvalue weighted by atomic mass is 9.98. The average Bonchev–Trinajstić information content (AvgIpc) is 2.74. The van der Waals surface area contributed by atoms with Crippen LogP contribution in [0.3, 0.4) is 0 Å². The lowest BCUT2D eigenvalue weighted by Crippen LogP contribution is -2.11. The third-order valence-corrected chi connectivity index (χ3v) is 4.06. The van der Waals surface area contributed by atoms with Crippen molar-refractivity contribution in [2.45, 2.75) is 12.8 Å². The number of benzene rings is 1. The van der Waals surface area contributed by atoms with Crippen molar-refractivity contribution in [3.63, 3.8) is 0 Å². The van der Waals surface area contributed by atoms with Crippen molar-refractivity contribution in [2.75, 3.05) is 5.33 Å². The smallest absolute Gasteiger partial charge is 0.167 e. The molecule has 1 heterocycles. The maximum atomic E-state index is 4.22. The molecule has 0 N–H and O–H groups in total. The Morgan fingerprint density at radius 1 is 1.33 bits per heavy atom. The van der Waals surface area contributed by atoms with E-state index in [-0.39, 0.29) is 0 Å². The normalized spacial score (nSPS) is 12.6. The van der Waals surface area contributed by atoms with Gasteiger partial charge in [-0.05, 0) is 35.2 Å². The molecular formula is C12H14Br2N4. The van der Waals surface area contributed by atoms with Crippen LogP contribution in [0.4, 0.5) is 0 Å². The predicted octanol–water partition coefficient (Wildman–Crippen LogP) is 2.77. The van der Waals surface area contributed by atoms with Crippen molar-refractivity contribution in [1.82, 2.24) is 20.2 Å². The van der Waals surface area contributed by atoms with E-state index in [1.165, 1.54) is 10.4 Å². The molecule has 2 aromatic rings. The van der Waals surface area contributed by atoms with Gasteiger partial charge in [0.15, 0.2) is 5.82 Å². The van der Waals surface area contributed by atoms with Gasteiger partial charge in [-0.2, -0.15) is 4.80 Å². The zero-order valence-electron chi connectivity index (χ0n) is 10.1. The topological polar surface area (TPSA) is 43.6 Å². The van der Waals surface area contributed by atoms with E-state index in [1.54, 1.807) is 7.05 Å². The number of tetrazole rings is 1. The van der Waals surface area contributed by atoms with Crippen LogP contribution in [0.25, 0.3) is 0 Å². The minimum absolute atomic E-state index is 0.475. The summed E-state index contributed by atoms with van der Waals surface area (Å²) in [5, 5.41) is 13.0. The summed E-state index contributed by atoms with van der Waals surface area (Å²) in [6.07, 6.45) is 1.84. The first-order valence-corrected chi connectivity index (χ1v) is 7.62. The Labute approximate surface area is 123 Å². The van der Waals surface area contributed by atoms with Gasteiger partial charge in [0.05, 0.1) is 7.05 Å². The van der Waals surface area contributed by atoms with Crippen molar-refractivity contribution >= 4 is 31.9 Å². The van der Waals surface area contributed by atoms with Gasteiger partial charge in [-0.3, -0.25) is 0 Å². The fraction of sp³-hybridized carbons (Fsp3) is 0.417. The van der Waals surface area contributed by atoms with Crippen molar-refractivity contribution < 1.29 is 0 Å². The lowest BCUT2D eigenvalue weighted by Gasteiger charge is -2.12. The predicted molar refractivity (Wildman–Crippen MR) is 77.6 cm³/mol. The largest absolute Gasteiger partial charge is 0.175 e. The van der Waals surface area contributed by atoms with Crippen LogP contribution in [0.1, 0.15) is 11.4 Å². The van der Waals surface area contributed by atoms with Gasteiger partial charge in [0.1, 0.15) is 0 Å². The van der Waals surface area contributed by atoms with E-state index in [2.05, 4.69) is 65.5 Å². The standard InChI is InChI=1S/C12H14Br2N4/c1-18-16-12(15-17-18)7-10(8-13)5-9-3-2-4-11(14)6-9/h2-4,6,10H,5,7-8H2,1H3. The Bertz CT molecular complexity index is 512. The number of aryl methyl sites for hydroxylation is 1. The second-order valence-corrected chi connectivity index (χ2v) is 5.82. The number of hydrogen-bond acceptors (Lipinski definition) is 3. The average molecular weight is 374 g/mol. The van der Waals surface area contributed by atoms with Gasteiger partial charge in [-0.25, -0.2) is 0 Å². The van der Waals surface area contributed by atoms with Crippen LogP contribution < -0.4 is 0 Å². The number of rotatable bonds is 5. The summed E-state index contributed by atoms with van der Waals surface area (Å²) in [6, 6.07) is 8.40. The molecule has 1 aromatic heterocycles. The van der Waals surface area contributed by atoms with Crippen molar-refractivity contribution in [1.29, 1.82) is 0 Å². The maximum absolute atomic E-state index is 4.22. The molecule has 0 saturated carbocycles. The molecule has 1 aromatic carbocycles. The summed E-state index contributed by atoms with van der Waals surface area (Å²) in [4.78, 5) is 1.50. The van der Waals surface area contributed by atoms with Crippen molar-refractivity contribution in [3.05, 3.63) is 40.1 Å². The summed E-state index contributed by atoms with van der Waals surface area (Å²) in [6.45, 7) is 0. The maximum Gasteiger partial charge on any atom is 0.175 e. The molecule has 2 rings (SSSR count). The quantitative estimate of drug-likeness (QED) is 0.757. The van der Waals surface area contributed by atoms with E-state index in [0.29, 0.717) is 5.92 Å². The van der Waals surface area contributed by atoms with Gasteiger partial charge >= 0.3 is 0 Å². The zero-order valence-corrected chi connectivity index (χ0v) is 13.2.